The summed E-state index contributed by atoms with van der Waals surface area (Å²) >= 11 is 0. The van der Waals surface area contributed by atoms with E-state index < -0.39 is 0 Å². The second-order valence-electron chi connectivity index (χ2n) is 5.86. The Bertz CT molecular complexity index is 717. The van der Waals surface area contributed by atoms with Crippen LogP contribution in [0.15, 0.2) is 36.5 Å². The minimum Gasteiger partial charge on any atom is -0.447 e. The van der Waals surface area contributed by atoms with Gasteiger partial charge in [-0.3, -0.25) is 4.90 Å². The van der Waals surface area contributed by atoms with Crippen LogP contribution in [0.25, 0.3) is 0 Å². The number of carbonyl (C=O) groups excluding carboxylic acids is 1. The molecule has 0 spiro atoms. The lowest BCUT2D eigenvalue weighted by atomic mass is 10.1. The van der Waals surface area contributed by atoms with Gasteiger partial charge in [-0.25, -0.2) is 9.78 Å². The summed E-state index contributed by atoms with van der Waals surface area (Å²) in [6.07, 6.45) is 1.27. The Morgan fingerprint density at radius 1 is 1.25 bits per heavy atom. The fraction of sp³-hybridized carbons (Fsp3) is 0.353. The van der Waals surface area contributed by atoms with E-state index in [4.69, 9.17) is 4.74 Å². The minimum atomic E-state index is -0.369. The van der Waals surface area contributed by atoms with E-state index in [9.17, 15) is 4.79 Å². The molecule has 2 aromatic rings. The SMILES string of the molecule is C[C@H](Nc1nccc(N2CCOC2=O)n1)c1ccc(N(C)C)cc1. The molecule has 24 heavy (non-hydrogen) atoms. The molecule has 1 N–H and O–H groups in total. The normalized spacial score (nSPS) is 15.1. The minimum absolute atomic E-state index is 0.0435. The summed E-state index contributed by atoms with van der Waals surface area (Å²) in [6.45, 7) is 2.95. The molecule has 0 aliphatic carbocycles. The molecule has 7 nitrogen and oxygen atoms in total. The van der Waals surface area contributed by atoms with Gasteiger partial charge < -0.3 is 15.0 Å². The van der Waals surface area contributed by atoms with Crippen LogP contribution >= 0.6 is 0 Å². The molecule has 1 aromatic carbocycles. The first-order chi connectivity index (χ1) is 11.5. The van der Waals surface area contributed by atoms with Crippen LogP contribution in [0, 0.1) is 0 Å². The number of aromatic nitrogens is 2. The Balaban J connectivity index is 1.72. The second kappa shape index (κ2) is 6.74. The molecule has 1 aliphatic rings. The Kier molecular flexibility index (Phi) is 4.50. The van der Waals surface area contributed by atoms with Crippen molar-refractivity contribution in [2.45, 2.75) is 13.0 Å². The molecule has 7 heteroatoms. The lowest BCUT2D eigenvalue weighted by molar-refractivity contribution is 0.181. The average Bonchev–Trinajstić information content (AvgIpc) is 3.01. The highest BCUT2D eigenvalue weighted by atomic mass is 16.6. The van der Waals surface area contributed by atoms with Crippen LogP contribution in [-0.2, 0) is 4.74 Å². The van der Waals surface area contributed by atoms with Crippen molar-refractivity contribution in [2.24, 2.45) is 0 Å². The van der Waals surface area contributed by atoms with E-state index in [1.165, 1.54) is 4.90 Å². The molecule has 0 unspecified atom stereocenters. The van der Waals surface area contributed by atoms with Crippen LogP contribution in [0.2, 0.25) is 0 Å². The summed E-state index contributed by atoms with van der Waals surface area (Å²) in [5.41, 5.74) is 2.28. The fourth-order valence-corrected chi connectivity index (χ4v) is 2.51. The molecular formula is C17H21N5O2. The van der Waals surface area contributed by atoms with Crippen molar-refractivity contribution < 1.29 is 9.53 Å². The molecule has 2 heterocycles. The van der Waals surface area contributed by atoms with Crippen LogP contribution in [0.4, 0.5) is 22.2 Å². The topological polar surface area (TPSA) is 70.6 Å². The predicted octanol–water partition coefficient (Wildman–Crippen LogP) is 2.67. The highest BCUT2D eigenvalue weighted by Crippen LogP contribution is 2.22. The Morgan fingerprint density at radius 2 is 2.00 bits per heavy atom. The van der Waals surface area contributed by atoms with Crippen molar-refractivity contribution in [1.82, 2.24) is 9.97 Å². The van der Waals surface area contributed by atoms with Crippen molar-refractivity contribution in [3.63, 3.8) is 0 Å². The first-order valence-electron chi connectivity index (χ1n) is 7.86. The Morgan fingerprint density at radius 3 is 2.62 bits per heavy atom. The van der Waals surface area contributed by atoms with E-state index in [1.807, 2.05) is 21.0 Å². The zero-order valence-electron chi connectivity index (χ0n) is 14.1. The average molecular weight is 327 g/mol. The van der Waals surface area contributed by atoms with Gasteiger partial charge in [-0.05, 0) is 30.7 Å². The number of benzene rings is 1. The molecule has 1 aliphatic heterocycles. The van der Waals surface area contributed by atoms with E-state index >= 15 is 0 Å². The molecular weight excluding hydrogens is 306 g/mol. The van der Waals surface area contributed by atoms with Crippen molar-refractivity contribution in [3.8, 4) is 0 Å². The highest BCUT2D eigenvalue weighted by molar-refractivity contribution is 5.88. The number of nitrogens with one attached hydrogen (secondary N) is 1. The van der Waals surface area contributed by atoms with Crippen LogP contribution < -0.4 is 15.1 Å². The molecule has 0 radical (unpaired) electrons. The monoisotopic (exact) mass is 327 g/mol. The number of cyclic esters (lactones) is 1. The van der Waals surface area contributed by atoms with Crippen LogP contribution in [0.3, 0.4) is 0 Å². The van der Waals surface area contributed by atoms with E-state index in [0.717, 1.165) is 11.3 Å². The van der Waals surface area contributed by atoms with Crippen LogP contribution in [-0.4, -0.2) is 43.3 Å². The zero-order chi connectivity index (χ0) is 17.1. The van der Waals surface area contributed by atoms with Gasteiger partial charge >= 0.3 is 6.09 Å². The maximum absolute atomic E-state index is 11.6. The molecule has 3 rings (SSSR count). The standard InChI is InChI=1S/C17H21N5O2/c1-12(13-4-6-14(7-5-13)21(2)3)19-16-18-9-8-15(20-16)22-10-11-24-17(22)23/h4-9,12H,10-11H2,1-3H3,(H,18,19,20)/t12-/m0/s1. The maximum Gasteiger partial charge on any atom is 0.415 e. The van der Waals surface area contributed by atoms with Crippen molar-refractivity contribution in [2.75, 3.05) is 42.4 Å². The molecule has 1 fully saturated rings. The van der Waals surface area contributed by atoms with Gasteiger partial charge in [0.15, 0.2) is 0 Å². The van der Waals surface area contributed by atoms with Crippen molar-refractivity contribution in [1.29, 1.82) is 0 Å². The largest absolute Gasteiger partial charge is 0.447 e. The summed E-state index contributed by atoms with van der Waals surface area (Å²) in [5.74, 6) is 1.03. The molecule has 126 valence electrons. The number of carbonyl (C=O) groups is 1. The number of nitrogens with zero attached hydrogens (tertiary/aromatic N) is 4. The first-order valence-corrected chi connectivity index (χ1v) is 7.86. The summed E-state index contributed by atoms with van der Waals surface area (Å²) < 4.78 is 4.94. The second-order valence-corrected chi connectivity index (χ2v) is 5.86. The molecule has 1 amide bonds. The van der Waals surface area contributed by atoms with E-state index in [2.05, 4.69) is 44.5 Å². The van der Waals surface area contributed by atoms with Gasteiger partial charge in [0.05, 0.1) is 12.6 Å². The summed E-state index contributed by atoms with van der Waals surface area (Å²) in [6, 6.07) is 10.1. The number of hydrogen-bond donors (Lipinski definition) is 1. The van der Waals surface area contributed by atoms with Gasteiger partial charge in [0.25, 0.3) is 0 Å². The first kappa shape index (κ1) is 16.0. The number of hydrogen-bond acceptors (Lipinski definition) is 6. The van der Waals surface area contributed by atoms with Crippen molar-refractivity contribution >= 4 is 23.5 Å². The lowest BCUT2D eigenvalue weighted by Crippen LogP contribution is -2.25. The summed E-state index contributed by atoms with van der Waals surface area (Å²) in [4.78, 5) is 23.8. The Hall–Kier alpha value is -2.83. The van der Waals surface area contributed by atoms with E-state index in [-0.39, 0.29) is 12.1 Å². The van der Waals surface area contributed by atoms with Crippen LogP contribution in [0.1, 0.15) is 18.5 Å². The quantitative estimate of drug-likeness (QED) is 0.910. The third-order valence-electron chi connectivity index (χ3n) is 3.93. The number of anilines is 3. The molecule has 0 saturated carbocycles. The third kappa shape index (κ3) is 3.40. The number of amides is 1. The zero-order valence-corrected chi connectivity index (χ0v) is 14.1. The summed E-state index contributed by atoms with van der Waals surface area (Å²) in [7, 11) is 4.03. The fourth-order valence-electron chi connectivity index (χ4n) is 2.51. The molecule has 0 bridgehead atoms. The third-order valence-corrected chi connectivity index (χ3v) is 3.93. The van der Waals surface area contributed by atoms with Gasteiger partial charge in [-0.15, -0.1) is 0 Å². The van der Waals surface area contributed by atoms with Crippen LogP contribution in [0.5, 0.6) is 0 Å². The molecule has 1 atom stereocenters. The van der Waals surface area contributed by atoms with E-state index in [1.54, 1.807) is 12.3 Å². The van der Waals surface area contributed by atoms with E-state index in [0.29, 0.717) is 24.9 Å². The lowest BCUT2D eigenvalue weighted by Gasteiger charge is -2.18. The van der Waals surface area contributed by atoms with Gasteiger partial charge in [-0.1, -0.05) is 12.1 Å². The smallest absolute Gasteiger partial charge is 0.415 e. The van der Waals surface area contributed by atoms with Gasteiger partial charge in [0, 0.05) is 26.0 Å². The van der Waals surface area contributed by atoms with Gasteiger partial charge in [-0.2, -0.15) is 4.98 Å². The van der Waals surface area contributed by atoms with Gasteiger partial charge in [0.1, 0.15) is 12.4 Å². The van der Waals surface area contributed by atoms with Crippen molar-refractivity contribution in [3.05, 3.63) is 42.1 Å². The highest BCUT2D eigenvalue weighted by Gasteiger charge is 2.25. The maximum atomic E-state index is 11.6. The molecule has 1 aromatic heterocycles. The van der Waals surface area contributed by atoms with Gasteiger partial charge in [0.2, 0.25) is 5.95 Å². The Labute approximate surface area is 141 Å². The number of ether oxygens (including phenoxy) is 1. The summed E-state index contributed by atoms with van der Waals surface area (Å²) in [5, 5.41) is 3.27. The predicted molar refractivity (Wildman–Crippen MR) is 93.5 cm³/mol. The molecule has 1 saturated heterocycles. The number of rotatable bonds is 5.